The van der Waals surface area contributed by atoms with Crippen molar-refractivity contribution in [3.05, 3.63) is 0 Å². The maximum atomic E-state index is 12.6. The van der Waals surface area contributed by atoms with Crippen molar-refractivity contribution >= 4 is 5.97 Å². The number of carboxylic acids is 1. The van der Waals surface area contributed by atoms with Crippen molar-refractivity contribution in [3.63, 3.8) is 0 Å². The number of hydrogen-bond acceptors (Lipinski definition) is 1. The molecule has 0 aromatic carbocycles. The molecule has 2 nitrogen and oxygen atoms in total. The van der Waals surface area contributed by atoms with E-state index in [-0.39, 0.29) is 12.3 Å². The van der Waals surface area contributed by atoms with Crippen LogP contribution in [0.4, 0.5) is 4.39 Å². The highest BCUT2D eigenvalue weighted by Gasteiger charge is 2.38. The predicted octanol–water partition coefficient (Wildman–Crippen LogP) is 2.24. The molecule has 1 N–H and O–H groups in total. The van der Waals surface area contributed by atoms with Gasteiger partial charge < -0.3 is 5.11 Å². The molecule has 0 aromatic rings. The average molecular weight is 174 g/mol. The summed E-state index contributed by atoms with van der Waals surface area (Å²) in [6, 6.07) is 0. The Morgan fingerprint density at radius 2 is 2.17 bits per heavy atom. The van der Waals surface area contributed by atoms with Crippen LogP contribution in [-0.4, -0.2) is 17.2 Å². The number of halogens is 1. The number of alkyl halides is 1. The molecule has 1 aliphatic rings. The van der Waals surface area contributed by atoms with Crippen LogP contribution in [0.1, 0.15) is 33.1 Å². The molecule has 1 saturated carbocycles. The highest BCUT2D eigenvalue weighted by Crippen LogP contribution is 2.46. The minimum atomic E-state index is -1.66. The monoisotopic (exact) mass is 174 g/mol. The van der Waals surface area contributed by atoms with Gasteiger partial charge >= 0.3 is 5.97 Å². The molecule has 12 heavy (non-hydrogen) atoms. The fourth-order valence-corrected chi connectivity index (χ4v) is 2.06. The van der Waals surface area contributed by atoms with Crippen molar-refractivity contribution in [2.75, 3.05) is 0 Å². The van der Waals surface area contributed by atoms with Gasteiger partial charge in [-0.25, -0.2) is 9.18 Å². The second kappa shape index (κ2) is 3.04. The Balaban J connectivity index is 2.23. The zero-order valence-corrected chi connectivity index (χ0v) is 7.51. The molecule has 0 unspecified atom stereocenters. The molecule has 0 bridgehead atoms. The quantitative estimate of drug-likeness (QED) is 0.712. The number of carbonyl (C=O) groups is 1. The van der Waals surface area contributed by atoms with Crippen LogP contribution < -0.4 is 0 Å². The van der Waals surface area contributed by atoms with Crippen LogP contribution in [0.5, 0.6) is 0 Å². The third kappa shape index (κ3) is 2.19. The van der Waals surface area contributed by atoms with Crippen LogP contribution in [0, 0.1) is 11.3 Å². The highest BCUT2D eigenvalue weighted by atomic mass is 19.1. The summed E-state index contributed by atoms with van der Waals surface area (Å²) >= 11 is 0. The Kier molecular flexibility index (Phi) is 2.40. The summed E-state index contributed by atoms with van der Waals surface area (Å²) in [5, 5.41) is 8.31. The molecule has 70 valence electrons. The van der Waals surface area contributed by atoms with E-state index in [1.165, 1.54) is 0 Å². The van der Waals surface area contributed by atoms with Crippen molar-refractivity contribution < 1.29 is 14.3 Å². The van der Waals surface area contributed by atoms with Crippen LogP contribution >= 0.6 is 0 Å². The summed E-state index contributed by atoms with van der Waals surface area (Å²) in [4.78, 5) is 10.2. The first-order chi connectivity index (χ1) is 5.41. The Labute approximate surface area is 71.8 Å². The second-order valence-corrected chi connectivity index (χ2v) is 4.48. The van der Waals surface area contributed by atoms with E-state index < -0.39 is 12.1 Å². The largest absolute Gasteiger partial charge is 0.479 e. The molecule has 0 aromatic heterocycles. The highest BCUT2D eigenvalue weighted by molar-refractivity contribution is 5.72. The first-order valence-corrected chi connectivity index (χ1v) is 4.27. The molecular weight excluding hydrogens is 159 g/mol. The summed E-state index contributed by atoms with van der Waals surface area (Å²) in [6.07, 6.45) is 0.450. The van der Waals surface area contributed by atoms with E-state index >= 15 is 0 Å². The van der Waals surface area contributed by atoms with Crippen molar-refractivity contribution in [1.82, 2.24) is 0 Å². The van der Waals surface area contributed by atoms with Gasteiger partial charge in [0.1, 0.15) is 0 Å². The van der Waals surface area contributed by atoms with Crippen LogP contribution in [0.3, 0.4) is 0 Å². The Bertz CT molecular complexity index is 181. The minimum Gasteiger partial charge on any atom is -0.479 e. The SMILES string of the molecule is CC1(C)CC(C[C@@H](F)C(=O)O)C1. The summed E-state index contributed by atoms with van der Waals surface area (Å²) in [5.74, 6) is -1.04. The number of aliphatic carboxylic acids is 1. The zero-order chi connectivity index (χ0) is 9.35. The number of hydrogen-bond donors (Lipinski definition) is 1. The van der Waals surface area contributed by atoms with E-state index in [0.717, 1.165) is 12.8 Å². The smallest absolute Gasteiger partial charge is 0.338 e. The van der Waals surface area contributed by atoms with Gasteiger partial charge in [-0.15, -0.1) is 0 Å². The summed E-state index contributed by atoms with van der Waals surface area (Å²) < 4.78 is 12.6. The van der Waals surface area contributed by atoms with Crippen LogP contribution in [0.15, 0.2) is 0 Å². The maximum Gasteiger partial charge on any atom is 0.338 e. The first kappa shape index (κ1) is 9.49. The van der Waals surface area contributed by atoms with Gasteiger partial charge in [0.15, 0.2) is 6.17 Å². The van der Waals surface area contributed by atoms with E-state index in [1.807, 2.05) is 0 Å². The van der Waals surface area contributed by atoms with Gasteiger partial charge in [0.2, 0.25) is 0 Å². The molecular formula is C9H15FO2. The van der Waals surface area contributed by atoms with Gasteiger partial charge in [0, 0.05) is 0 Å². The summed E-state index contributed by atoms with van der Waals surface area (Å²) in [6.45, 7) is 4.25. The fourth-order valence-electron chi connectivity index (χ4n) is 2.06. The second-order valence-electron chi connectivity index (χ2n) is 4.48. The van der Waals surface area contributed by atoms with E-state index in [9.17, 15) is 9.18 Å². The van der Waals surface area contributed by atoms with Gasteiger partial charge in [0.05, 0.1) is 0 Å². The minimum absolute atomic E-state index is 0.193. The molecule has 0 aliphatic heterocycles. The zero-order valence-electron chi connectivity index (χ0n) is 7.51. The molecule has 0 heterocycles. The van der Waals surface area contributed by atoms with Crippen molar-refractivity contribution in [2.45, 2.75) is 39.3 Å². The van der Waals surface area contributed by atoms with Crippen LogP contribution in [0.2, 0.25) is 0 Å². The Morgan fingerprint density at radius 3 is 2.50 bits per heavy atom. The van der Waals surface area contributed by atoms with Crippen LogP contribution in [-0.2, 0) is 4.79 Å². The van der Waals surface area contributed by atoms with E-state index in [1.54, 1.807) is 0 Å². The fraction of sp³-hybridized carbons (Fsp3) is 0.889. The van der Waals surface area contributed by atoms with Gasteiger partial charge in [0.25, 0.3) is 0 Å². The molecule has 3 heteroatoms. The Morgan fingerprint density at radius 1 is 1.67 bits per heavy atom. The maximum absolute atomic E-state index is 12.6. The summed E-state index contributed by atoms with van der Waals surface area (Å²) in [7, 11) is 0. The molecule has 1 atom stereocenters. The van der Waals surface area contributed by atoms with Crippen LogP contribution in [0.25, 0.3) is 0 Å². The number of carboxylic acid groups (broad SMARTS) is 1. The average Bonchev–Trinajstić information content (AvgIpc) is 1.83. The molecule has 1 fully saturated rings. The summed E-state index contributed by atoms with van der Waals surface area (Å²) in [5.41, 5.74) is 0.308. The van der Waals surface area contributed by atoms with Gasteiger partial charge in [-0.1, -0.05) is 13.8 Å². The van der Waals surface area contributed by atoms with Gasteiger partial charge in [-0.2, -0.15) is 0 Å². The third-order valence-electron chi connectivity index (χ3n) is 2.49. The lowest BCUT2D eigenvalue weighted by Crippen LogP contribution is -2.34. The lowest BCUT2D eigenvalue weighted by atomic mass is 9.63. The van der Waals surface area contributed by atoms with E-state index in [0.29, 0.717) is 5.41 Å². The van der Waals surface area contributed by atoms with Crippen molar-refractivity contribution in [3.8, 4) is 0 Å². The topological polar surface area (TPSA) is 37.3 Å². The third-order valence-corrected chi connectivity index (χ3v) is 2.49. The molecule has 1 aliphatic carbocycles. The number of rotatable bonds is 3. The molecule has 1 rings (SSSR count). The van der Waals surface area contributed by atoms with E-state index in [2.05, 4.69) is 13.8 Å². The molecule has 0 spiro atoms. The van der Waals surface area contributed by atoms with Crippen molar-refractivity contribution in [1.29, 1.82) is 0 Å². The first-order valence-electron chi connectivity index (χ1n) is 4.27. The lowest BCUT2D eigenvalue weighted by molar-refractivity contribution is -0.144. The van der Waals surface area contributed by atoms with Crippen molar-refractivity contribution in [2.24, 2.45) is 11.3 Å². The molecule has 0 radical (unpaired) electrons. The molecule has 0 amide bonds. The molecule has 0 saturated heterocycles. The Hall–Kier alpha value is -0.600. The predicted molar refractivity (Wildman–Crippen MR) is 43.7 cm³/mol. The van der Waals surface area contributed by atoms with Gasteiger partial charge in [-0.3, -0.25) is 0 Å². The van der Waals surface area contributed by atoms with Gasteiger partial charge in [-0.05, 0) is 30.6 Å². The lowest BCUT2D eigenvalue weighted by Gasteiger charge is -2.42. The van der Waals surface area contributed by atoms with E-state index in [4.69, 9.17) is 5.11 Å². The normalized spacial score (nSPS) is 24.6. The standard InChI is InChI=1S/C9H15FO2/c1-9(2)4-6(5-9)3-7(10)8(11)12/h6-7H,3-5H2,1-2H3,(H,11,12)/t7-/m1/s1.